The number of aromatic nitrogens is 2. The molecule has 1 atom stereocenters. The summed E-state index contributed by atoms with van der Waals surface area (Å²) in [4.78, 5) is 25.3. The average Bonchev–Trinajstić information content (AvgIpc) is 3.05. The van der Waals surface area contributed by atoms with Gasteiger partial charge in [0.1, 0.15) is 5.69 Å². The molecule has 3 rings (SSSR count). The maximum absolute atomic E-state index is 13.0. The highest BCUT2D eigenvalue weighted by atomic mass is 79.9. The number of aryl methyl sites for hydroxylation is 1. The molecule has 0 radical (unpaired) electrons. The zero-order valence-electron chi connectivity index (χ0n) is 14.9. The molecular formula is C18H16BrCl2N5O2. The zero-order valence-corrected chi connectivity index (χ0v) is 18.0. The molecule has 2 amide bonds. The minimum Gasteiger partial charge on any atom is -0.365 e. The van der Waals surface area contributed by atoms with E-state index in [2.05, 4.69) is 37.0 Å². The Kier molecular flexibility index (Phi) is 6.12. The molecule has 0 saturated carbocycles. The molecule has 1 aromatic heterocycles. The van der Waals surface area contributed by atoms with Crippen molar-refractivity contribution >= 4 is 56.6 Å². The Morgan fingerprint density at radius 2 is 2.00 bits per heavy atom. The molecule has 10 heteroatoms. The number of allylic oxidation sites excluding steroid dienone is 2. The second-order valence-electron chi connectivity index (χ2n) is 5.96. The predicted molar refractivity (Wildman–Crippen MR) is 113 cm³/mol. The van der Waals surface area contributed by atoms with Crippen LogP contribution in [0.1, 0.15) is 32.6 Å². The molecule has 2 heterocycles. The molecule has 1 aromatic carbocycles. The molecule has 7 nitrogen and oxygen atoms in total. The third kappa shape index (κ3) is 4.09. The number of rotatable bonds is 4. The van der Waals surface area contributed by atoms with Crippen LogP contribution in [-0.2, 0) is 0 Å². The van der Waals surface area contributed by atoms with Gasteiger partial charge < -0.3 is 16.0 Å². The highest BCUT2D eigenvalue weighted by Gasteiger charge is 2.25. The quantitative estimate of drug-likeness (QED) is 0.612. The van der Waals surface area contributed by atoms with Gasteiger partial charge in [-0.25, -0.2) is 4.68 Å². The number of hydrogen-bond donors (Lipinski definition) is 3. The van der Waals surface area contributed by atoms with Gasteiger partial charge in [0.25, 0.3) is 11.8 Å². The number of carbonyl (C=O) groups excluding carboxylic acids is 2. The van der Waals surface area contributed by atoms with E-state index in [4.69, 9.17) is 23.2 Å². The fraction of sp³-hybridized carbons (Fsp3) is 0.167. The van der Waals surface area contributed by atoms with E-state index >= 15 is 0 Å². The maximum atomic E-state index is 13.0. The van der Waals surface area contributed by atoms with Crippen molar-refractivity contribution in [3.63, 3.8) is 0 Å². The van der Waals surface area contributed by atoms with E-state index in [-0.39, 0.29) is 16.8 Å². The van der Waals surface area contributed by atoms with Crippen molar-refractivity contribution in [3.05, 3.63) is 68.0 Å². The molecule has 0 fully saturated rings. The first-order valence-corrected chi connectivity index (χ1v) is 9.73. The smallest absolute Gasteiger partial charge is 0.274 e. The van der Waals surface area contributed by atoms with Crippen molar-refractivity contribution in [2.45, 2.75) is 13.1 Å². The Bertz CT molecular complexity index is 1020. The van der Waals surface area contributed by atoms with Crippen LogP contribution in [0.15, 0.2) is 46.1 Å². The molecule has 146 valence electrons. The number of nitrogens with one attached hydrogen (secondary N) is 3. The van der Waals surface area contributed by atoms with Crippen molar-refractivity contribution in [2.24, 2.45) is 0 Å². The molecular weight excluding hydrogens is 469 g/mol. The number of amides is 2. The lowest BCUT2D eigenvalue weighted by molar-refractivity contribution is 0.0964. The topological polar surface area (TPSA) is 88.1 Å². The molecule has 2 aromatic rings. The predicted octanol–water partition coefficient (Wildman–Crippen LogP) is 3.96. The van der Waals surface area contributed by atoms with E-state index < -0.39 is 12.1 Å². The standard InChI is InChI=1S/C18H16BrCl2N5O2/c1-9-6-10(19)7-11(17(27)22-2)15(9)24-18(28)13-8-14(21)25-26(13)16-12(20)4-3-5-23-16/h3-8,16,23H,1-2H3,(H,22,27)(H,24,28). The summed E-state index contributed by atoms with van der Waals surface area (Å²) < 4.78 is 2.12. The number of dihydropyridines is 1. The Morgan fingerprint density at radius 3 is 2.68 bits per heavy atom. The van der Waals surface area contributed by atoms with Crippen LogP contribution in [0.5, 0.6) is 0 Å². The largest absolute Gasteiger partial charge is 0.365 e. The van der Waals surface area contributed by atoms with Crippen molar-refractivity contribution in [2.75, 3.05) is 12.4 Å². The number of halogens is 3. The van der Waals surface area contributed by atoms with E-state index in [1.807, 2.05) is 0 Å². The second-order valence-corrected chi connectivity index (χ2v) is 7.69. The van der Waals surface area contributed by atoms with Crippen molar-refractivity contribution < 1.29 is 9.59 Å². The highest BCUT2D eigenvalue weighted by molar-refractivity contribution is 9.10. The second kappa shape index (κ2) is 8.38. The molecule has 0 saturated heterocycles. The third-order valence-corrected chi connectivity index (χ3v) is 5.04. The van der Waals surface area contributed by atoms with E-state index in [0.717, 1.165) is 10.0 Å². The van der Waals surface area contributed by atoms with Crippen LogP contribution < -0.4 is 16.0 Å². The number of nitrogens with zero attached hydrogens (tertiary/aromatic N) is 2. The normalized spacial score (nSPS) is 15.6. The lowest BCUT2D eigenvalue weighted by Crippen LogP contribution is -2.30. The summed E-state index contributed by atoms with van der Waals surface area (Å²) in [7, 11) is 1.52. The summed E-state index contributed by atoms with van der Waals surface area (Å²) in [6.45, 7) is 1.80. The van der Waals surface area contributed by atoms with Crippen molar-refractivity contribution in [3.8, 4) is 0 Å². The first kappa shape index (κ1) is 20.4. The fourth-order valence-corrected chi connectivity index (χ4v) is 3.76. The Labute approximate surface area is 179 Å². The summed E-state index contributed by atoms with van der Waals surface area (Å²) in [5, 5.41) is 13.2. The van der Waals surface area contributed by atoms with Crippen molar-refractivity contribution in [1.29, 1.82) is 0 Å². The minimum absolute atomic E-state index is 0.144. The number of carbonyl (C=O) groups is 2. The summed E-state index contributed by atoms with van der Waals surface area (Å²) in [5.41, 5.74) is 1.63. The maximum Gasteiger partial charge on any atom is 0.274 e. The van der Waals surface area contributed by atoms with Crippen LogP contribution in [-0.4, -0.2) is 28.6 Å². The number of anilines is 1. The van der Waals surface area contributed by atoms with Gasteiger partial charge in [-0.2, -0.15) is 5.10 Å². The number of benzene rings is 1. The first-order valence-electron chi connectivity index (χ1n) is 8.18. The molecule has 1 aliphatic rings. The summed E-state index contributed by atoms with van der Waals surface area (Å²) in [5.74, 6) is -0.799. The average molecular weight is 485 g/mol. The van der Waals surface area contributed by atoms with Crippen LogP contribution >= 0.6 is 39.1 Å². The minimum atomic E-state index is -0.565. The van der Waals surface area contributed by atoms with E-state index in [1.54, 1.807) is 37.4 Å². The van der Waals surface area contributed by atoms with Crippen LogP contribution in [0.25, 0.3) is 0 Å². The SMILES string of the molecule is CNC(=O)c1cc(Br)cc(C)c1NC(=O)c1cc(Cl)nn1C1NC=CC=C1Cl. The zero-order chi connectivity index (χ0) is 20.4. The molecule has 1 aliphatic heterocycles. The van der Waals surface area contributed by atoms with Gasteiger partial charge in [0.05, 0.1) is 16.3 Å². The summed E-state index contributed by atoms with van der Waals surface area (Å²) >= 11 is 15.7. The van der Waals surface area contributed by atoms with Gasteiger partial charge >= 0.3 is 0 Å². The van der Waals surface area contributed by atoms with Gasteiger partial charge in [0.2, 0.25) is 0 Å². The molecule has 0 spiro atoms. The summed E-state index contributed by atoms with van der Waals surface area (Å²) in [6, 6.07) is 4.88. The van der Waals surface area contributed by atoms with Crippen molar-refractivity contribution in [1.82, 2.24) is 20.4 Å². The van der Waals surface area contributed by atoms with Gasteiger partial charge in [-0.1, -0.05) is 39.1 Å². The highest BCUT2D eigenvalue weighted by Crippen LogP contribution is 2.28. The molecule has 0 aliphatic carbocycles. The van der Waals surface area contributed by atoms with Crippen LogP contribution in [0.2, 0.25) is 5.15 Å². The van der Waals surface area contributed by atoms with Crippen LogP contribution in [0, 0.1) is 6.92 Å². The van der Waals surface area contributed by atoms with Gasteiger partial charge in [0, 0.05) is 17.6 Å². The summed E-state index contributed by atoms with van der Waals surface area (Å²) in [6.07, 6.45) is 4.56. The third-order valence-electron chi connectivity index (χ3n) is 4.06. The lowest BCUT2D eigenvalue weighted by atomic mass is 10.1. The number of hydrogen-bond acceptors (Lipinski definition) is 4. The molecule has 1 unspecified atom stereocenters. The first-order chi connectivity index (χ1) is 13.3. The Hall–Kier alpha value is -2.29. The monoisotopic (exact) mass is 483 g/mol. The fourth-order valence-electron chi connectivity index (χ4n) is 2.78. The molecule has 0 bridgehead atoms. The van der Waals surface area contributed by atoms with Gasteiger partial charge in [-0.15, -0.1) is 0 Å². The van der Waals surface area contributed by atoms with Gasteiger partial charge in [-0.05, 0) is 43.0 Å². The van der Waals surface area contributed by atoms with E-state index in [0.29, 0.717) is 16.3 Å². The molecule has 28 heavy (non-hydrogen) atoms. The Balaban J connectivity index is 1.99. The molecule has 3 N–H and O–H groups in total. The van der Waals surface area contributed by atoms with Gasteiger partial charge in [-0.3, -0.25) is 9.59 Å². The van der Waals surface area contributed by atoms with E-state index in [1.165, 1.54) is 17.8 Å². The lowest BCUT2D eigenvalue weighted by Gasteiger charge is -2.22. The van der Waals surface area contributed by atoms with Crippen LogP contribution in [0.4, 0.5) is 5.69 Å². The van der Waals surface area contributed by atoms with Gasteiger partial charge in [0.15, 0.2) is 11.3 Å². The van der Waals surface area contributed by atoms with E-state index in [9.17, 15) is 9.59 Å². The Morgan fingerprint density at radius 1 is 1.25 bits per heavy atom. The van der Waals surface area contributed by atoms with Crippen LogP contribution in [0.3, 0.4) is 0 Å².